The van der Waals surface area contributed by atoms with Crippen molar-refractivity contribution in [2.24, 2.45) is 0 Å². The van der Waals surface area contributed by atoms with Crippen molar-refractivity contribution in [2.75, 3.05) is 56.6 Å². The molecule has 2 saturated heterocycles. The number of carbonyl (C=O) groups excluding carboxylic acids is 1. The van der Waals surface area contributed by atoms with Gasteiger partial charge in [0.25, 0.3) is 0 Å². The Morgan fingerprint density at radius 3 is 2.26 bits per heavy atom. The first kappa shape index (κ1) is 27.6. The molecule has 1 unspecified atom stereocenters. The molecule has 1 spiro atoms. The minimum absolute atomic E-state index is 0.0260. The number of halogens is 3. The third kappa shape index (κ3) is 5.17. The molecule has 12 heteroatoms. The van der Waals surface area contributed by atoms with E-state index in [-0.39, 0.29) is 23.7 Å². The summed E-state index contributed by atoms with van der Waals surface area (Å²) in [4.78, 5) is 28.2. The highest BCUT2D eigenvalue weighted by Gasteiger charge is 2.52. The summed E-state index contributed by atoms with van der Waals surface area (Å²) in [6.45, 7) is 3.54. The smallest absolute Gasteiger partial charge is 0.379 e. The second-order valence-electron chi connectivity index (χ2n) is 11.1. The summed E-state index contributed by atoms with van der Waals surface area (Å²) >= 11 is 0. The first-order chi connectivity index (χ1) is 18.4. The van der Waals surface area contributed by atoms with Gasteiger partial charge in [-0.3, -0.25) is 14.7 Å². The SMILES string of the molecule is CC(O)N1CCN(c2ncc(N3CC4(CCC(c5ccccc5)(N(C)C)CC4)NC3=O)c(C(F)(F)F)n2)CC1. The largest absolute Gasteiger partial charge is 0.435 e. The van der Waals surface area contributed by atoms with Crippen molar-refractivity contribution < 1.29 is 23.1 Å². The lowest BCUT2D eigenvalue weighted by Gasteiger charge is -2.48. The van der Waals surface area contributed by atoms with Crippen molar-refractivity contribution in [1.82, 2.24) is 25.1 Å². The Bertz CT molecular complexity index is 1180. The molecule has 1 aromatic heterocycles. The third-order valence-corrected chi connectivity index (χ3v) is 8.72. The molecule has 9 nitrogen and oxygen atoms in total. The summed E-state index contributed by atoms with van der Waals surface area (Å²) in [7, 11) is 4.09. The van der Waals surface area contributed by atoms with E-state index in [4.69, 9.17) is 0 Å². The summed E-state index contributed by atoms with van der Waals surface area (Å²) in [5, 5.41) is 12.8. The number of piperazine rings is 1. The number of urea groups is 1. The van der Waals surface area contributed by atoms with Gasteiger partial charge in [-0.1, -0.05) is 30.3 Å². The van der Waals surface area contributed by atoms with Gasteiger partial charge in [-0.2, -0.15) is 13.2 Å². The molecule has 212 valence electrons. The molecule has 3 aliphatic rings. The predicted molar refractivity (Wildman–Crippen MR) is 141 cm³/mol. The van der Waals surface area contributed by atoms with Gasteiger partial charge in [-0.25, -0.2) is 14.8 Å². The maximum absolute atomic E-state index is 14.2. The van der Waals surface area contributed by atoms with E-state index in [1.54, 1.807) is 11.8 Å². The van der Waals surface area contributed by atoms with Gasteiger partial charge in [-0.05, 0) is 52.3 Å². The van der Waals surface area contributed by atoms with Crippen LogP contribution in [0.15, 0.2) is 36.5 Å². The van der Waals surface area contributed by atoms with Crippen LogP contribution >= 0.6 is 0 Å². The van der Waals surface area contributed by atoms with Crippen LogP contribution < -0.4 is 15.1 Å². The molecular formula is C27H36F3N7O2. The Morgan fingerprint density at radius 1 is 1.05 bits per heavy atom. The van der Waals surface area contributed by atoms with Gasteiger partial charge in [0.15, 0.2) is 5.69 Å². The highest BCUT2D eigenvalue weighted by Crippen LogP contribution is 2.47. The van der Waals surface area contributed by atoms with Gasteiger partial charge >= 0.3 is 12.2 Å². The number of amides is 2. The Balaban J connectivity index is 1.37. The fourth-order valence-corrected chi connectivity index (χ4v) is 6.29. The lowest BCUT2D eigenvalue weighted by Crippen LogP contribution is -2.54. The zero-order valence-electron chi connectivity index (χ0n) is 22.6. The van der Waals surface area contributed by atoms with Crippen LogP contribution in [0.25, 0.3) is 0 Å². The van der Waals surface area contributed by atoms with E-state index in [0.29, 0.717) is 39.0 Å². The minimum atomic E-state index is -4.76. The fraction of sp³-hybridized carbons (Fsp3) is 0.593. The van der Waals surface area contributed by atoms with Gasteiger partial charge in [0, 0.05) is 31.7 Å². The Labute approximate surface area is 226 Å². The Kier molecular flexibility index (Phi) is 7.23. The van der Waals surface area contributed by atoms with E-state index in [1.165, 1.54) is 5.56 Å². The van der Waals surface area contributed by atoms with E-state index in [9.17, 15) is 23.1 Å². The maximum Gasteiger partial charge on any atom is 0.435 e. The van der Waals surface area contributed by atoms with Gasteiger partial charge in [0.05, 0.1) is 24.0 Å². The van der Waals surface area contributed by atoms with Gasteiger partial charge in [0.2, 0.25) is 5.95 Å². The number of anilines is 2. The molecule has 1 saturated carbocycles. The van der Waals surface area contributed by atoms with Crippen LogP contribution in [0.2, 0.25) is 0 Å². The molecule has 2 aromatic rings. The number of aliphatic hydroxyl groups is 1. The number of benzene rings is 1. The second kappa shape index (κ2) is 10.2. The molecule has 5 rings (SSSR count). The number of hydrogen-bond donors (Lipinski definition) is 2. The number of aliphatic hydroxyl groups excluding tert-OH is 1. The molecule has 39 heavy (non-hydrogen) atoms. The van der Waals surface area contributed by atoms with Crippen LogP contribution in [-0.4, -0.2) is 89.5 Å². The van der Waals surface area contributed by atoms with Gasteiger partial charge < -0.3 is 15.3 Å². The number of nitrogens with one attached hydrogen (secondary N) is 1. The molecule has 1 aliphatic carbocycles. The van der Waals surface area contributed by atoms with E-state index in [1.807, 2.05) is 37.2 Å². The molecular weight excluding hydrogens is 511 g/mol. The van der Waals surface area contributed by atoms with Crippen molar-refractivity contribution >= 4 is 17.7 Å². The number of rotatable bonds is 5. The summed E-state index contributed by atoms with van der Waals surface area (Å²) in [5.41, 5.74) is -1.06. The molecule has 1 aromatic carbocycles. The normalized spacial score (nSPS) is 27.3. The van der Waals surface area contributed by atoms with E-state index in [2.05, 4.69) is 32.3 Å². The van der Waals surface area contributed by atoms with E-state index in [0.717, 1.165) is 23.9 Å². The average Bonchev–Trinajstić information content (AvgIpc) is 3.24. The summed E-state index contributed by atoms with van der Waals surface area (Å²) < 4.78 is 42.7. The standard InChI is InChI=1S/C27H36F3N7O2/c1-19(38)35-13-15-36(16-14-35)23-31-17-21(22(32-23)27(28,29)30)37-18-25(33-24(37)39)9-11-26(12-10-25,34(2)3)20-7-5-4-6-8-20/h4-8,17,19,38H,9-16,18H2,1-3H3,(H,33,39). The van der Waals surface area contributed by atoms with E-state index < -0.39 is 29.7 Å². The monoisotopic (exact) mass is 547 g/mol. The number of aromatic nitrogens is 2. The zero-order valence-corrected chi connectivity index (χ0v) is 22.6. The molecule has 2 N–H and O–H groups in total. The number of carbonyl (C=O) groups is 1. The molecule has 2 amide bonds. The highest BCUT2D eigenvalue weighted by atomic mass is 19.4. The highest BCUT2D eigenvalue weighted by molar-refractivity contribution is 5.96. The van der Waals surface area contributed by atoms with Crippen LogP contribution in [0.1, 0.15) is 43.9 Å². The summed E-state index contributed by atoms with van der Waals surface area (Å²) in [6.07, 6.45) is -1.47. The predicted octanol–water partition coefficient (Wildman–Crippen LogP) is 3.26. The quantitative estimate of drug-likeness (QED) is 0.594. The van der Waals surface area contributed by atoms with Crippen molar-refractivity contribution in [3.63, 3.8) is 0 Å². The molecule has 0 radical (unpaired) electrons. The number of nitrogens with zero attached hydrogens (tertiary/aromatic N) is 6. The molecule has 1 atom stereocenters. The Hall–Kier alpha value is -2.96. The molecule has 3 heterocycles. The number of alkyl halides is 3. The van der Waals surface area contributed by atoms with Crippen molar-refractivity contribution in [3.8, 4) is 0 Å². The molecule has 2 aliphatic heterocycles. The fourth-order valence-electron chi connectivity index (χ4n) is 6.29. The summed E-state index contributed by atoms with van der Waals surface area (Å²) in [5.74, 6) is -0.0260. The molecule has 0 bridgehead atoms. The van der Waals surface area contributed by atoms with Gasteiger partial charge in [-0.15, -0.1) is 0 Å². The van der Waals surface area contributed by atoms with Crippen LogP contribution in [0.5, 0.6) is 0 Å². The topological polar surface area (TPSA) is 88.1 Å². The van der Waals surface area contributed by atoms with Crippen LogP contribution in [-0.2, 0) is 11.7 Å². The van der Waals surface area contributed by atoms with Crippen LogP contribution in [0.4, 0.5) is 29.6 Å². The van der Waals surface area contributed by atoms with Crippen LogP contribution in [0, 0.1) is 0 Å². The van der Waals surface area contributed by atoms with Crippen LogP contribution in [0.3, 0.4) is 0 Å². The zero-order chi connectivity index (χ0) is 28.0. The van der Waals surface area contributed by atoms with Gasteiger partial charge in [0.1, 0.15) is 6.23 Å². The van der Waals surface area contributed by atoms with Crippen molar-refractivity contribution in [1.29, 1.82) is 0 Å². The lowest BCUT2D eigenvalue weighted by atomic mass is 9.69. The first-order valence-corrected chi connectivity index (χ1v) is 13.4. The molecule has 3 fully saturated rings. The Morgan fingerprint density at radius 2 is 1.69 bits per heavy atom. The van der Waals surface area contributed by atoms with E-state index >= 15 is 0 Å². The summed E-state index contributed by atoms with van der Waals surface area (Å²) in [6, 6.07) is 9.66. The number of hydrogen-bond acceptors (Lipinski definition) is 7. The third-order valence-electron chi connectivity index (χ3n) is 8.72. The first-order valence-electron chi connectivity index (χ1n) is 13.4. The van der Waals surface area contributed by atoms with Crippen molar-refractivity contribution in [3.05, 3.63) is 47.8 Å². The minimum Gasteiger partial charge on any atom is -0.379 e. The second-order valence-corrected chi connectivity index (χ2v) is 11.1. The van der Waals surface area contributed by atoms with Crippen molar-refractivity contribution in [2.45, 2.75) is 56.1 Å². The average molecular weight is 548 g/mol. The lowest BCUT2D eigenvalue weighted by molar-refractivity contribution is -0.140. The maximum atomic E-state index is 14.2.